The second kappa shape index (κ2) is 8.05. The Morgan fingerprint density at radius 1 is 1.14 bits per heavy atom. The molecule has 1 aromatic carbocycles. The van der Waals surface area contributed by atoms with Gasteiger partial charge in [-0.25, -0.2) is 4.98 Å². The number of nitrogens with zero attached hydrogens (tertiary/aromatic N) is 4. The molecule has 6 rings (SSSR count). The molecule has 3 aromatic heterocycles. The predicted molar refractivity (Wildman–Crippen MR) is 141 cm³/mol. The van der Waals surface area contributed by atoms with E-state index in [0.717, 1.165) is 40.2 Å². The van der Waals surface area contributed by atoms with Crippen LogP contribution < -0.4 is 15.8 Å². The summed E-state index contributed by atoms with van der Waals surface area (Å²) in [6.07, 6.45) is 6.47. The Balaban J connectivity index is 1.37. The van der Waals surface area contributed by atoms with Crippen LogP contribution in [0.15, 0.2) is 53.6 Å². The average molecular weight is 469 g/mol. The maximum Gasteiger partial charge on any atom is 0.255 e. The zero-order valence-electron chi connectivity index (χ0n) is 20.8. The highest BCUT2D eigenvalue weighted by molar-refractivity contribution is 5.97. The fourth-order valence-corrected chi connectivity index (χ4v) is 5.37. The molecule has 180 valence electrons. The van der Waals surface area contributed by atoms with Gasteiger partial charge in [0.15, 0.2) is 0 Å². The maximum atomic E-state index is 13.1. The van der Waals surface area contributed by atoms with Gasteiger partial charge in [0.1, 0.15) is 0 Å². The molecule has 0 unspecified atom stereocenters. The average Bonchev–Trinajstić information content (AvgIpc) is 3.48. The molecular formula is C28H32N6O. The third-order valence-electron chi connectivity index (χ3n) is 7.17. The van der Waals surface area contributed by atoms with Crippen LogP contribution in [0.5, 0.6) is 0 Å². The van der Waals surface area contributed by atoms with E-state index in [2.05, 4.69) is 73.2 Å². The van der Waals surface area contributed by atoms with Crippen molar-refractivity contribution in [2.24, 2.45) is 0 Å². The zero-order valence-corrected chi connectivity index (χ0v) is 20.8. The SMILES string of the molecule is CC(C)N1c2nc(-c3c[nH]c4ccc(-c5ccc(CNC6CC6)cn5)cc34)cc(=O)n2CC1(C)C. The van der Waals surface area contributed by atoms with Crippen molar-refractivity contribution >= 4 is 16.9 Å². The lowest BCUT2D eigenvalue weighted by atomic mass is 10.0. The summed E-state index contributed by atoms with van der Waals surface area (Å²) in [6, 6.07) is 13.1. The Morgan fingerprint density at radius 2 is 1.97 bits per heavy atom. The van der Waals surface area contributed by atoms with E-state index >= 15 is 0 Å². The van der Waals surface area contributed by atoms with Crippen LogP contribution in [-0.4, -0.2) is 37.1 Å². The van der Waals surface area contributed by atoms with E-state index in [1.807, 2.05) is 12.4 Å². The first kappa shape index (κ1) is 22.0. The van der Waals surface area contributed by atoms with Crippen molar-refractivity contribution in [2.45, 2.75) is 71.2 Å². The first-order chi connectivity index (χ1) is 16.8. The predicted octanol–water partition coefficient (Wildman–Crippen LogP) is 4.71. The number of rotatable bonds is 6. The molecule has 1 fully saturated rings. The molecule has 0 atom stereocenters. The summed E-state index contributed by atoms with van der Waals surface area (Å²) < 4.78 is 1.80. The summed E-state index contributed by atoms with van der Waals surface area (Å²) in [5.74, 6) is 0.745. The van der Waals surface area contributed by atoms with Gasteiger partial charge < -0.3 is 15.2 Å². The Bertz CT molecular complexity index is 1460. The number of aromatic nitrogens is 4. The van der Waals surface area contributed by atoms with Crippen molar-refractivity contribution in [3.8, 4) is 22.5 Å². The van der Waals surface area contributed by atoms with Gasteiger partial charge in [-0.15, -0.1) is 0 Å². The maximum absolute atomic E-state index is 13.1. The van der Waals surface area contributed by atoms with Gasteiger partial charge in [-0.1, -0.05) is 12.1 Å². The van der Waals surface area contributed by atoms with Crippen LogP contribution in [0, 0.1) is 0 Å². The van der Waals surface area contributed by atoms with Gasteiger partial charge in [-0.05, 0) is 64.3 Å². The van der Waals surface area contributed by atoms with Crippen molar-refractivity contribution in [3.63, 3.8) is 0 Å². The van der Waals surface area contributed by atoms with Crippen LogP contribution >= 0.6 is 0 Å². The highest BCUT2D eigenvalue weighted by Gasteiger charge is 2.39. The summed E-state index contributed by atoms with van der Waals surface area (Å²) in [5, 5.41) is 4.57. The molecule has 2 aliphatic rings. The van der Waals surface area contributed by atoms with Gasteiger partial charge in [-0.3, -0.25) is 14.3 Å². The molecule has 4 heterocycles. The number of hydrogen-bond acceptors (Lipinski definition) is 5. The third kappa shape index (κ3) is 3.93. The minimum atomic E-state index is -0.161. The quantitative estimate of drug-likeness (QED) is 0.428. The molecule has 1 saturated carbocycles. The number of hydrogen-bond donors (Lipinski definition) is 2. The zero-order chi connectivity index (χ0) is 24.3. The highest BCUT2D eigenvalue weighted by atomic mass is 16.1. The van der Waals surface area contributed by atoms with Crippen molar-refractivity contribution in [3.05, 3.63) is 64.7 Å². The molecule has 7 nitrogen and oxygen atoms in total. The fraction of sp³-hybridized carbons (Fsp3) is 0.393. The van der Waals surface area contributed by atoms with E-state index in [-0.39, 0.29) is 17.1 Å². The van der Waals surface area contributed by atoms with E-state index in [9.17, 15) is 4.79 Å². The molecular weight excluding hydrogens is 436 g/mol. The number of anilines is 1. The lowest BCUT2D eigenvalue weighted by Crippen LogP contribution is -2.45. The molecule has 1 aliphatic carbocycles. The van der Waals surface area contributed by atoms with Crippen LogP contribution in [0.1, 0.15) is 46.1 Å². The third-order valence-corrected chi connectivity index (χ3v) is 7.17. The Morgan fingerprint density at radius 3 is 2.69 bits per heavy atom. The molecule has 0 radical (unpaired) electrons. The van der Waals surface area contributed by atoms with E-state index < -0.39 is 0 Å². The minimum absolute atomic E-state index is 0.0104. The van der Waals surface area contributed by atoms with Crippen LogP contribution in [0.4, 0.5) is 5.95 Å². The number of pyridine rings is 1. The van der Waals surface area contributed by atoms with Crippen LogP contribution in [0.3, 0.4) is 0 Å². The monoisotopic (exact) mass is 468 g/mol. The number of fused-ring (bicyclic) bond motifs is 2. The molecule has 0 spiro atoms. The Hall–Kier alpha value is -3.45. The molecule has 0 amide bonds. The van der Waals surface area contributed by atoms with Crippen LogP contribution in [-0.2, 0) is 13.1 Å². The van der Waals surface area contributed by atoms with Gasteiger partial charge in [0.05, 0.1) is 23.5 Å². The van der Waals surface area contributed by atoms with Gasteiger partial charge in [-0.2, -0.15) is 0 Å². The summed E-state index contributed by atoms with van der Waals surface area (Å²) in [5.41, 5.74) is 5.65. The van der Waals surface area contributed by atoms with Crippen LogP contribution in [0.2, 0.25) is 0 Å². The highest BCUT2D eigenvalue weighted by Crippen LogP contribution is 2.36. The first-order valence-corrected chi connectivity index (χ1v) is 12.5. The number of H-pyrrole nitrogens is 1. The van der Waals surface area contributed by atoms with Crippen molar-refractivity contribution < 1.29 is 0 Å². The summed E-state index contributed by atoms with van der Waals surface area (Å²) in [4.78, 5) is 28.4. The largest absolute Gasteiger partial charge is 0.360 e. The van der Waals surface area contributed by atoms with E-state index in [0.29, 0.717) is 18.3 Å². The Labute approximate surface area is 205 Å². The number of nitrogens with one attached hydrogen (secondary N) is 2. The standard InChI is InChI=1S/C28H32N6O/c1-17(2)34-27-32-25(12-26(35)33(27)16-28(34,3)4)22-15-31-24-10-6-19(11-21(22)24)23-9-5-18(14-30-23)13-29-20-7-8-20/h5-6,9-12,14-15,17,20,29,31H,7-8,13,16H2,1-4H3. The summed E-state index contributed by atoms with van der Waals surface area (Å²) >= 11 is 0. The lowest BCUT2D eigenvalue weighted by molar-refractivity contribution is 0.425. The van der Waals surface area contributed by atoms with Crippen molar-refractivity contribution in [1.29, 1.82) is 0 Å². The van der Waals surface area contributed by atoms with E-state index in [4.69, 9.17) is 9.97 Å². The van der Waals surface area contributed by atoms with Gasteiger partial charge >= 0.3 is 0 Å². The molecule has 2 N–H and O–H groups in total. The molecule has 0 bridgehead atoms. The topological polar surface area (TPSA) is 78.8 Å². The van der Waals surface area contributed by atoms with Crippen molar-refractivity contribution in [1.82, 2.24) is 24.8 Å². The second-order valence-electron chi connectivity index (χ2n) is 10.8. The van der Waals surface area contributed by atoms with E-state index in [1.165, 1.54) is 18.4 Å². The smallest absolute Gasteiger partial charge is 0.255 e. The Kier molecular flexibility index (Phi) is 5.07. The van der Waals surface area contributed by atoms with E-state index in [1.54, 1.807) is 10.6 Å². The molecule has 0 saturated heterocycles. The minimum Gasteiger partial charge on any atom is -0.360 e. The van der Waals surface area contributed by atoms with Gasteiger partial charge in [0.25, 0.3) is 5.56 Å². The van der Waals surface area contributed by atoms with Crippen LogP contribution in [0.25, 0.3) is 33.4 Å². The summed E-state index contributed by atoms with van der Waals surface area (Å²) in [7, 11) is 0. The number of aromatic amines is 1. The second-order valence-corrected chi connectivity index (χ2v) is 10.8. The summed E-state index contributed by atoms with van der Waals surface area (Å²) in [6.45, 7) is 10.1. The molecule has 35 heavy (non-hydrogen) atoms. The van der Waals surface area contributed by atoms with Gasteiger partial charge in [0, 0.05) is 59.1 Å². The molecule has 1 aliphatic heterocycles. The number of benzene rings is 1. The van der Waals surface area contributed by atoms with Gasteiger partial charge in [0.2, 0.25) is 5.95 Å². The lowest BCUT2D eigenvalue weighted by Gasteiger charge is -2.35. The molecule has 4 aromatic rings. The fourth-order valence-electron chi connectivity index (χ4n) is 5.37. The van der Waals surface area contributed by atoms with Crippen molar-refractivity contribution in [2.75, 3.05) is 4.90 Å². The normalized spacial score (nSPS) is 16.9. The first-order valence-electron chi connectivity index (χ1n) is 12.5. The molecule has 7 heteroatoms.